The summed E-state index contributed by atoms with van der Waals surface area (Å²) >= 11 is 0. The number of likely N-dealkylation sites (tertiary alicyclic amines) is 1. The molecule has 2 aliphatic rings. The number of H-pyrrole nitrogens is 1. The molecule has 1 aliphatic carbocycles. The Morgan fingerprint density at radius 2 is 1.88 bits per heavy atom. The Balaban J connectivity index is 1.05. The van der Waals surface area contributed by atoms with E-state index in [0.29, 0.717) is 18.7 Å². The zero-order valence-corrected chi connectivity index (χ0v) is 18.2. The SMILES string of the molecule is O=C(Nc1ccc(-n2cccn2)cc1)[C@H]1CC12CCN(C(=O)c1ccc3cc[nH]c3c1)CC2. The molecule has 0 unspecified atom stereocenters. The molecule has 1 saturated carbocycles. The maximum Gasteiger partial charge on any atom is 0.253 e. The van der Waals surface area contributed by atoms with Gasteiger partial charge < -0.3 is 15.2 Å². The first kappa shape index (κ1) is 19.8. The van der Waals surface area contributed by atoms with Crippen LogP contribution in [0.5, 0.6) is 0 Å². The number of amides is 2. The number of anilines is 1. The lowest BCUT2D eigenvalue weighted by Crippen LogP contribution is -2.40. The van der Waals surface area contributed by atoms with Crippen molar-refractivity contribution in [3.63, 3.8) is 0 Å². The third-order valence-corrected chi connectivity index (χ3v) is 7.26. The smallest absolute Gasteiger partial charge is 0.253 e. The van der Waals surface area contributed by atoms with Gasteiger partial charge in [0.05, 0.1) is 5.69 Å². The number of aromatic amines is 1. The van der Waals surface area contributed by atoms with E-state index in [4.69, 9.17) is 0 Å². The highest BCUT2D eigenvalue weighted by atomic mass is 16.2. The van der Waals surface area contributed by atoms with Gasteiger partial charge in [0.15, 0.2) is 0 Å². The van der Waals surface area contributed by atoms with Crippen LogP contribution in [-0.2, 0) is 4.79 Å². The molecule has 2 aromatic heterocycles. The minimum atomic E-state index is 0.0239. The summed E-state index contributed by atoms with van der Waals surface area (Å²) in [5.74, 6) is 0.176. The molecular weight excluding hydrogens is 414 g/mol. The summed E-state index contributed by atoms with van der Waals surface area (Å²) in [5, 5.41) is 8.39. The summed E-state index contributed by atoms with van der Waals surface area (Å²) in [7, 11) is 0. The van der Waals surface area contributed by atoms with Crippen LogP contribution in [0.15, 0.2) is 73.2 Å². The number of piperidine rings is 1. The maximum absolute atomic E-state index is 13.0. The van der Waals surface area contributed by atoms with Gasteiger partial charge in [0.1, 0.15) is 0 Å². The number of rotatable bonds is 4. The fourth-order valence-corrected chi connectivity index (χ4v) is 5.14. The molecule has 2 fully saturated rings. The van der Waals surface area contributed by atoms with Gasteiger partial charge >= 0.3 is 0 Å². The van der Waals surface area contributed by atoms with Crippen LogP contribution in [0.2, 0.25) is 0 Å². The Bertz CT molecular complexity index is 1310. The van der Waals surface area contributed by atoms with Crippen molar-refractivity contribution in [1.29, 1.82) is 0 Å². The van der Waals surface area contributed by atoms with Gasteiger partial charge in [0.2, 0.25) is 5.91 Å². The monoisotopic (exact) mass is 439 g/mol. The van der Waals surface area contributed by atoms with Crippen LogP contribution in [0.4, 0.5) is 5.69 Å². The van der Waals surface area contributed by atoms with Crippen molar-refractivity contribution < 1.29 is 9.59 Å². The van der Waals surface area contributed by atoms with Crippen LogP contribution in [0.25, 0.3) is 16.6 Å². The third kappa shape index (κ3) is 3.59. The van der Waals surface area contributed by atoms with Gasteiger partial charge in [-0.3, -0.25) is 9.59 Å². The van der Waals surface area contributed by atoms with Crippen molar-refractivity contribution in [2.45, 2.75) is 19.3 Å². The zero-order valence-electron chi connectivity index (χ0n) is 18.2. The molecule has 0 bridgehead atoms. The van der Waals surface area contributed by atoms with E-state index in [1.807, 2.05) is 71.9 Å². The van der Waals surface area contributed by atoms with E-state index in [1.54, 1.807) is 10.9 Å². The predicted octanol–water partition coefficient (Wildman–Crippen LogP) is 4.23. The standard InChI is InChI=1S/C26H25N5O2/c32-24(29-20-4-6-21(7-5-20)31-13-1-11-28-31)22-17-26(22)9-14-30(15-10-26)25(33)19-3-2-18-8-12-27-23(18)16-19/h1-8,11-13,16,22,27H,9-10,14-15,17H2,(H,29,32)/t22-/m1/s1. The topological polar surface area (TPSA) is 83.0 Å². The number of carbonyl (C=O) groups excluding carboxylic acids is 2. The molecule has 2 aromatic carbocycles. The van der Waals surface area contributed by atoms with E-state index in [0.717, 1.165) is 41.5 Å². The average molecular weight is 440 g/mol. The molecule has 1 spiro atoms. The lowest BCUT2D eigenvalue weighted by Gasteiger charge is -2.33. The first-order valence-electron chi connectivity index (χ1n) is 11.4. The fourth-order valence-electron chi connectivity index (χ4n) is 5.14. The molecule has 0 radical (unpaired) electrons. The normalized spacial score (nSPS) is 19.0. The van der Waals surface area contributed by atoms with Crippen molar-refractivity contribution in [2.24, 2.45) is 11.3 Å². The number of hydrogen-bond donors (Lipinski definition) is 2. The lowest BCUT2D eigenvalue weighted by atomic mass is 9.90. The summed E-state index contributed by atoms with van der Waals surface area (Å²) in [6, 6.07) is 17.4. The number of nitrogens with one attached hydrogen (secondary N) is 2. The van der Waals surface area contributed by atoms with Crippen LogP contribution in [-0.4, -0.2) is 44.6 Å². The van der Waals surface area contributed by atoms with Crippen LogP contribution in [0, 0.1) is 11.3 Å². The second-order valence-electron chi connectivity index (χ2n) is 9.18. The second kappa shape index (κ2) is 7.62. The zero-order chi connectivity index (χ0) is 22.4. The number of benzene rings is 2. The van der Waals surface area contributed by atoms with E-state index in [1.165, 1.54) is 0 Å². The van der Waals surface area contributed by atoms with Crippen LogP contribution in [0.3, 0.4) is 0 Å². The highest BCUT2D eigenvalue weighted by Crippen LogP contribution is 2.59. The van der Waals surface area contributed by atoms with Crippen molar-refractivity contribution in [3.8, 4) is 5.69 Å². The Hall–Kier alpha value is -3.87. The van der Waals surface area contributed by atoms with Gasteiger partial charge in [0, 0.05) is 54.4 Å². The van der Waals surface area contributed by atoms with E-state index in [2.05, 4.69) is 15.4 Å². The van der Waals surface area contributed by atoms with Crippen molar-refractivity contribution in [3.05, 3.63) is 78.8 Å². The highest BCUT2D eigenvalue weighted by molar-refractivity contribution is 5.98. The molecule has 2 amide bonds. The molecule has 166 valence electrons. The Kier molecular flexibility index (Phi) is 4.57. The average Bonchev–Trinajstić information content (AvgIpc) is 3.21. The Labute approximate surface area is 191 Å². The summed E-state index contributed by atoms with van der Waals surface area (Å²) in [4.78, 5) is 31.0. The van der Waals surface area contributed by atoms with Gasteiger partial charge in [-0.15, -0.1) is 0 Å². The minimum Gasteiger partial charge on any atom is -0.361 e. The minimum absolute atomic E-state index is 0.0239. The quantitative estimate of drug-likeness (QED) is 0.499. The van der Waals surface area contributed by atoms with Crippen molar-refractivity contribution >= 4 is 28.4 Å². The van der Waals surface area contributed by atoms with Crippen molar-refractivity contribution in [1.82, 2.24) is 19.7 Å². The molecule has 6 rings (SSSR count). The van der Waals surface area contributed by atoms with E-state index >= 15 is 0 Å². The summed E-state index contributed by atoms with van der Waals surface area (Å²) < 4.78 is 1.78. The number of fused-ring (bicyclic) bond motifs is 1. The molecule has 2 N–H and O–H groups in total. The summed E-state index contributed by atoms with van der Waals surface area (Å²) in [6.07, 6.45) is 8.16. The van der Waals surface area contributed by atoms with Gasteiger partial charge in [-0.1, -0.05) is 6.07 Å². The molecule has 1 aliphatic heterocycles. The van der Waals surface area contributed by atoms with Crippen LogP contribution in [0.1, 0.15) is 29.6 Å². The summed E-state index contributed by atoms with van der Waals surface area (Å²) in [6.45, 7) is 1.40. The largest absolute Gasteiger partial charge is 0.361 e. The maximum atomic E-state index is 13.0. The first-order chi connectivity index (χ1) is 16.1. The summed E-state index contributed by atoms with van der Waals surface area (Å²) in [5.41, 5.74) is 3.48. The second-order valence-corrected chi connectivity index (χ2v) is 9.18. The number of carbonyl (C=O) groups is 2. The molecule has 4 aromatic rings. The number of aromatic nitrogens is 3. The van der Waals surface area contributed by atoms with E-state index in [-0.39, 0.29) is 23.1 Å². The molecule has 1 atom stereocenters. The lowest BCUT2D eigenvalue weighted by molar-refractivity contribution is -0.118. The highest BCUT2D eigenvalue weighted by Gasteiger charge is 2.58. The van der Waals surface area contributed by atoms with Gasteiger partial charge in [0.25, 0.3) is 5.91 Å². The molecule has 3 heterocycles. The third-order valence-electron chi connectivity index (χ3n) is 7.26. The number of hydrogen-bond acceptors (Lipinski definition) is 3. The fraction of sp³-hybridized carbons (Fsp3) is 0.269. The van der Waals surface area contributed by atoms with E-state index < -0.39 is 0 Å². The molecule has 7 nitrogen and oxygen atoms in total. The Morgan fingerprint density at radius 3 is 2.64 bits per heavy atom. The molecular formula is C26H25N5O2. The van der Waals surface area contributed by atoms with Gasteiger partial charge in [-0.25, -0.2) is 4.68 Å². The molecule has 1 saturated heterocycles. The molecule has 33 heavy (non-hydrogen) atoms. The first-order valence-corrected chi connectivity index (χ1v) is 11.4. The van der Waals surface area contributed by atoms with Gasteiger partial charge in [-0.2, -0.15) is 5.10 Å². The van der Waals surface area contributed by atoms with Crippen molar-refractivity contribution in [2.75, 3.05) is 18.4 Å². The predicted molar refractivity (Wildman–Crippen MR) is 126 cm³/mol. The van der Waals surface area contributed by atoms with Crippen LogP contribution < -0.4 is 5.32 Å². The Morgan fingerprint density at radius 1 is 1.06 bits per heavy atom. The van der Waals surface area contributed by atoms with Gasteiger partial charge in [-0.05, 0) is 78.6 Å². The number of nitrogens with zero attached hydrogens (tertiary/aromatic N) is 3. The van der Waals surface area contributed by atoms with E-state index in [9.17, 15) is 9.59 Å². The molecule has 7 heteroatoms. The van der Waals surface area contributed by atoms with Crippen LogP contribution >= 0.6 is 0 Å².